The molecule has 0 amide bonds. The van der Waals surface area contributed by atoms with E-state index >= 15 is 0 Å². The first-order chi connectivity index (χ1) is 8.17. The first-order valence-electron chi connectivity index (χ1n) is 5.58. The minimum absolute atomic E-state index is 0.173. The number of carbonyl (C=O) groups excluding carboxylic acids is 1. The molecule has 0 bridgehead atoms. The zero-order chi connectivity index (χ0) is 12.4. The number of halogens is 1. The monoisotopic (exact) mass is 298 g/mol. The first kappa shape index (κ1) is 12.4. The van der Waals surface area contributed by atoms with Gasteiger partial charge in [0.25, 0.3) is 0 Å². The molecular weight excluding hydrogens is 284 g/mol. The summed E-state index contributed by atoms with van der Waals surface area (Å²) in [5, 5.41) is 0. The van der Waals surface area contributed by atoms with Crippen molar-refractivity contribution < 1.29 is 14.3 Å². The van der Waals surface area contributed by atoms with Crippen LogP contribution in [0.25, 0.3) is 0 Å². The Kier molecular flexibility index (Phi) is 3.72. The second kappa shape index (κ2) is 5.08. The average Bonchev–Trinajstić information content (AvgIpc) is 3.15. The van der Waals surface area contributed by atoms with Gasteiger partial charge in [0.15, 0.2) is 0 Å². The van der Waals surface area contributed by atoms with Crippen LogP contribution >= 0.6 is 15.9 Å². The summed E-state index contributed by atoms with van der Waals surface area (Å²) in [5.41, 5.74) is 0.921. The van der Waals surface area contributed by atoms with Crippen molar-refractivity contribution >= 4 is 21.9 Å². The van der Waals surface area contributed by atoms with Gasteiger partial charge in [0, 0.05) is 10.0 Å². The van der Waals surface area contributed by atoms with E-state index in [0.29, 0.717) is 5.92 Å². The van der Waals surface area contributed by atoms with E-state index in [2.05, 4.69) is 15.9 Å². The first-order valence-corrected chi connectivity index (χ1v) is 6.38. The molecule has 1 unspecified atom stereocenters. The van der Waals surface area contributed by atoms with E-state index in [0.717, 1.165) is 28.6 Å². The lowest BCUT2D eigenvalue weighted by Crippen LogP contribution is -2.17. The fourth-order valence-electron chi connectivity index (χ4n) is 2.07. The van der Waals surface area contributed by atoms with Crippen LogP contribution in [0.4, 0.5) is 0 Å². The SMILES string of the molecule is COC(=O)C(c1ccc(Br)cc1OC)C1CC1. The molecule has 92 valence electrons. The molecular formula is C13H15BrO3. The Bertz CT molecular complexity index is 427. The predicted molar refractivity (Wildman–Crippen MR) is 68.2 cm³/mol. The number of hydrogen-bond acceptors (Lipinski definition) is 3. The Balaban J connectivity index is 2.38. The number of benzene rings is 1. The van der Waals surface area contributed by atoms with Gasteiger partial charge in [0.2, 0.25) is 0 Å². The molecule has 0 aromatic heterocycles. The Hall–Kier alpha value is -1.03. The Morgan fingerprint density at radius 3 is 2.65 bits per heavy atom. The Morgan fingerprint density at radius 1 is 1.41 bits per heavy atom. The van der Waals surface area contributed by atoms with Crippen LogP contribution in [0.2, 0.25) is 0 Å². The molecule has 0 N–H and O–H groups in total. The van der Waals surface area contributed by atoms with E-state index < -0.39 is 0 Å². The molecule has 0 spiro atoms. The second-order valence-corrected chi connectivity index (χ2v) is 5.14. The normalized spacial score (nSPS) is 16.4. The summed E-state index contributed by atoms with van der Waals surface area (Å²) in [5.74, 6) is 0.773. The maximum atomic E-state index is 11.9. The minimum atomic E-state index is -0.192. The van der Waals surface area contributed by atoms with Gasteiger partial charge in [-0.15, -0.1) is 0 Å². The third-order valence-electron chi connectivity index (χ3n) is 3.08. The molecule has 2 rings (SSSR count). The number of carbonyl (C=O) groups is 1. The predicted octanol–water partition coefficient (Wildman–Crippen LogP) is 3.12. The molecule has 4 heteroatoms. The van der Waals surface area contributed by atoms with Gasteiger partial charge in [0.1, 0.15) is 5.75 Å². The summed E-state index contributed by atoms with van der Waals surface area (Å²) in [4.78, 5) is 11.9. The molecule has 1 aromatic rings. The van der Waals surface area contributed by atoms with Crippen LogP contribution in [0.1, 0.15) is 24.3 Å². The lowest BCUT2D eigenvalue weighted by Gasteiger charge is -2.17. The van der Waals surface area contributed by atoms with Crippen molar-refractivity contribution in [1.82, 2.24) is 0 Å². The summed E-state index contributed by atoms with van der Waals surface area (Å²) in [7, 11) is 3.05. The van der Waals surface area contributed by atoms with Crippen LogP contribution < -0.4 is 4.74 Å². The van der Waals surface area contributed by atoms with E-state index in [9.17, 15) is 4.79 Å². The smallest absolute Gasteiger partial charge is 0.313 e. The fraction of sp³-hybridized carbons (Fsp3) is 0.462. The van der Waals surface area contributed by atoms with Gasteiger partial charge < -0.3 is 9.47 Å². The summed E-state index contributed by atoms with van der Waals surface area (Å²) < 4.78 is 11.2. The zero-order valence-corrected chi connectivity index (χ0v) is 11.5. The quantitative estimate of drug-likeness (QED) is 0.801. The van der Waals surface area contributed by atoms with E-state index in [4.69, 9.17) is 9.47 Å². The van der Waals surface area contributed by atoms with E-state index in [1.54, 1.807) is 7.11 Å². The van der Waals surface area contributed by atoms with Gasteiger partial charge in [0.05, 0.1) is 20.1 Å². The van der Waals surface area contributed by atoms with Gasteiger partial charge in [-0.25, -0.2) is 0 Å². The summed E-state index contributed by atoms with van der Waals surface area (Å²) in [6.45, 7) is 0. The van der Waals surface area contributed by atoms with E-state index in [1.165, 1.54) is 7.11 Å². The molecule has 1 atom stereocenters. The molecule has 1 saturated carbocycles. The van der Waals surface area contributed by atoms with Gasteiger partial charge in [-0.05, 0) is 30.9 Å². The van der Waals surface area contributed by atoms with Gasteiger partial charge in [-0.2, -0.15) is 0 Å². The lowest BCUT2D eigenvalue weighted by molar-refractivity contribution is -0.143. The summed E-state index contributed by atoms with van der Waals surface area (Å²) >= 11 is 3.40. The maximum absolute atomic E-state index is 11.9. The standard InChI is InChI=1S/C13H15BrO3/c1-16-11-7-9(14)5-6-10(11)12(8-3-4-8)13(15)17-2/h5-8,12H,3-4H2,1-2H3. The van der Waals surface area contributed by atoms with Crippen molar-refractivity contribution in [3.63, 3.8) is 0 Å². The number of rotatable bonds is 4. The molecule has 0 aliphatic heterocycles. The summed E-state index contributed by atoms with van der Waals surface area (Å²) in [6, 6.07) is 5.74. The summed E-state index contributed by atoms with van der Waals surface area (Å²) in [6.07, 6.45) is 2.16. The molecule has 0 radical (unpaired) electrons. The lowest BCUT2D eigenvalue weighted by atomic mass is 9.93. The van der Waals surface area contributed by atoms with Crippen LogP contribution in [-0.4, -0.2) is 20.2 Å². The third kappa shape index (κ3) is 2.63. The molecule has 17 heavy (non-hydrogen) atoms. The fourth-order valence-corrected chi connectivity index (χ4v) is 2.41. The van der Waals surface area contributed by atoms with Crippen molar-refractivity contribution in [3.05, 3.63) is 28.2 Å². The van der Waals surface area contributed by atoms with Gasteiger partial charge in [-0.3, -0.25) is 4.79 Å². The number of ether oxygens (including phenoxy) is 2. The molecule has 1 aromatic carbocycles. The van der Waals surface area contributed by atoms with Crippen LogP contribution in [0, 0.1) is 5.92 Å². The van der Waals surface area contributed by atoms with E-state index in [-0.39, 0.29) is 11.9 Å². The van der Waals surface area contributed by atoms with E-state index in [1.807, 2.05) is 18.2 Å². The van der Waals surface area contributed by atoms with Crippen molar-refractivity contribution in [2.45, 2.75) is 18.8 Å². The van der Waals surface area contributed by atoms with Crippen molar-refractivity contribution in [1.29, 1.82) is 0 Å². The van der Waals surface area contributed by atoms with Crippen LogP contribution in [0.3, 0.4) is 0 Å². The molecule has 1 aliphatic carbocycles. The van der Waals surface area contributed by atoms with Crippen molar-refractivity contribution in [2.75, 3.05) is 14.2 Å². The molecule has 1 fully saturated rings. The molecule has 3 nitrogen and oxygen atoms in total. The van der Waals surface area contributed by atoms with Crippen molar-refractivity contribution in [2.24, 2.45) is 5.92 Å². The highest BCUT2D eigenvalue weighted by Crippen LogP contribution is 2.46. The number of esters is 1. The van der Waals surface area contributed by atoms with Gasteiger partial charge >= 0.3 is 5.97 Å². The number of hydrogen-bond donors (Lipinski definition) is 0. The largest absolute Gasteiger partial charge is 0.496 e. The highest BCUT2D eigenvalue weighted by atomic mass is 79.9. The van der Waals surface area contributed by atoms with Crippen LogP contribution in [0.15, 0.2) is 22.7 Å². The van der Waals surface area contributed by atoms with Crippen molar-refractivity contribution in [3.8, 4) is 5.75 Å². The molecule has 1 aliphatic rings. The third-order valence-corrected chi connectivity index (χ3v) is 3.57. The van der Waals surface area contributed by atoms with Crippen LogP contribution in [0.5, 0.6) is 5.75 Å². The highest BCUT2D eigenvalue weighted by molar-refractivity contribution is 9.10. The highest BCUT2D eigenvalue weighted by Gasteiger charge is 2.39. The number of methoxy groups -OCH3 is 2. The Labute approximate surface area is 109 Å². The van der Waals surface area contributed by atoms with Crippen LogP contribution in [-0.2, 0) is 9.53 Å². The topological polar surface area (TPSA) is 35.5 Å². The Morgan fingerprint density at radius 2 is 2.12 bits per heavy atom. The molecule has 0 saturated heterocycles. The maximum Gasteiger partial charge on any atom is 0.313 e. The molecule has 0 heterocycles. The minimum Gasteiger partial charge on any atom is -0.496 e. The van der Waals surface area contributed by atoms with Gasteiger partial charge in [-0.1, -0.05) is 22.0 Å². The average molecular weight is 299 g/mol. The zero-order valence-electron chi connectivity index (χ0n) is 9.90. The second-order valence-electron chi connectivity index (χ2n) is 4.22.